The van der Waals surface area contributed by atoms with Crippen LogP contribution in [0.4, 0.5) is 0 Å². The van der Waals surface area contributed by atoms with Gasteiger partial charge < -0.3 is 10.0 Å². The molecule has 0 aliphatic carbocycles. The van der Waals surface area contributed by atoms with E-state index in [-0.39, 0.29) is 30.2 Å². The predicted octanol–water partition coefficient (Wildman–Crippen LogP) is 0.404. The van der Waals surface area contributed by atoms with E-state index in [0.29, 0.717) is 18.5 Å². The maximum Gasteiger partial charge on any atom is 0.255 e. The van der Waals surface area contributed by atoms with Crippen molar-refractivity contribution in [2.45, 2.75) is 50.9 Å². The topological polar surface area (TPSA) is 90.0 Å². The van der Waals surface area contributed by atoms with Crippen molar-refractivity contribution in [2.75, 3.05) is 13.1 Å². The number of aliphatic hydroxyl groups excluding tert-OH is 1. The number of carbonyl (C=O) groups is 3. The standard InChI is InChI=1S/C19H23N3O4/c23-14-5-7-21(8-6-14)10-12-1-2-15-13(9-12)11-22(19(15)26)16-3-4-17(24)20-18(16)25/h1-2,9,14,16,23H,3-8,10-11H2,(H,20,24,25). The van der Waals surface area contributed by atoms with Gasteiger partial charge in [-0.15, -0.1) is 0 Å². The Hall–Kier alpha value is -2.25. The zero-order chi connectivity index (χ0) is 18.3. The highest BCUT2D eigenvalue weighted by atomic mass is 16.3. The quantitative estimate of drug-likeness (QED) is 0.765. The molecule has 3 heterocycles. The average molecular weight is 357 g/mol. The molecule has 7 heteroatoms. The van der Waals surface area contributed by atoms with Crippen molar-refractivity contribution in [3.63, 3.8) is 0 Å². The van der Waals surface area contributed by atoms with Gasteiger partial charge in [0.25, 0.3) is 5.91 Å². The third-order valence-corrected chi connectivity index (χ3v) is 5.55. The fraction of sp³-hybridized carbons (Fsp3) is 0.526. The monoisotopic (exact) mass is 357 g/mol. The molecule has 1 aromatic carbocycles. The summed E-state index contributed by atoms with van der Waals surface area (Å²) < 4.78 is 0. The SMILES string of the molecule is O=C1CCC(N2Cc3cc(CN4CCC(O)CC4)ccc3C2=O)C(=O)N1. The third-order valence-electron chi connectivity index (χ3n) is 5.55. The Kier molecular flexibility index (Phi) is 4.50. The number of amides is 3. The average Bonchev–Trinajstić information content (AvgIpc) is 2.93. The second-order valence-electron chi connectivity index (χ2n) is 7.40. The first-order chi connectivity index (χ1) is 12.5. The number of hydrogen-bond acceptors (Lipinski definition) is 5. The van der Waals surface area contributed by atoms with Crippen molar-refractivity contribution in [3.05, 3.63) is 34.9 Å². The van der Waals surface area contributed by atoms with Gasteiger partial charge in [0.1, 0.15) is 6.04 Å². The zero-order valence-corrected chi connectivity index (χ0v) is 14.6. The number of imide groups is 1. The number of aliphatic hydroxyl groups is 1. The first kappa shape index (κ1) is 17.2. The summed E-state index contributed by atoms with van der Waals surface area (Å²) in [5, 5.41) is 11.9. The number of carbonyl (C=O) groups excluding carboxylic acids is 3. The first-order valence-electron chi connectivity index (χ1n) is 9.18. The highest BCUT2D eigenvalue weighted by Crippen LogP contribution is 2.28. The summed E-state index contributed by atoms with van der Waals surface area (Å²) >= 11 is 0. The molecule has 7 nitrogen and oxygen atoms in total. The molecule has 0 spiro atoms. The van der Waals surface area contributed by atoms with Crippen LogP contribution in [0.2, 0.25) is 0 Å². The smallest absolute Gasteiger partial charge is 0.255 e. The van der Waals surface area contributed by atoms with Crippen LogP contribution in [-0.2, 0) is 22.7 Å². The predicted molar refractivity (Wildman–Crippen MR) is 93.0 cm³/mol. The fourth-order valence-electron chi connectivity index (χ4n) is 4.06. The summed E-state index contributed by atoms with van der Waals surface area (Å²) in [7, 11) is 0. The Labute approximate surface area is 152 Å². The van der Waals surface area contributed by atoms with E-state index in [0.717, 1.165) is 43.6 Å². The molecule has 3 amide bonds. The summed E-state index contributed by atoms with van der Waals surface area (Å²) in [6.07, 6.45) is 2.06. The van der Waals surface area contributed by atoms with Gasteiger partial charge in [0.05, 0.1) is 6.10 Å². The second-order valence-corrected chi connectivity index (χ2v) is 7.40. The normalized spacial score (nSPS) is 24.7. The number of nitrogens with one attached hydrogen (secondary N) is 1. The van der Waals surface area contributed by atoms with Gasteiger partial charge in [-0.3, -0.25) is 24.6 Å². The van der Waals surface area contributed by atoms with E-state index in [9.17, 15) is 19.5 Å². The van der Waals surface area contributed by atoms with Crippen LogP contribution in [0.5, 0.6) is 0 Å². The minimum absolute atomic E-state index is 0.137. The van der Waals surface area contributed by atoms with Crippen LogP contribution in [0, 0.1) is 0 Å². The summed E-state index contributed by atoms with van der Waals surface area (Å²) in [4.78, 5) is 40.0. The summed E-state index contributed by atoms with van der Waals surface area (Å²) in [5.41, 5.74) is 2.72. The van der Waals surface area contributed by atoms with Crippen molar-refractivity contribution in [1.29, 1.82) is 0 Å². The lowest BCUT2D eigenvalue weighted by Crippen LogP contribution is -2.52. The number of fused-ring (bicyclic) bond motifs is 1. The maximum atomic E-state index is 12.7. The fourth-order valence-corrected chi connectivity index (χ4v) is 4.06. The lowest BCUT2D eigenvalue weighted by atomic mass is 10.0. The molecule has 2 fully saturated rings. The zero-order valence-electron chi connectivity index (χ0n) is 14.6. The van der Waals surface area contributed by atoms with Gasteiger partial charge in [-0.2, -0.15) is 0 Å². The van der Waals surface area contributed by atoms with Crippen molar-refractivity contribution < 1.29 is 19.5 Å². The minimum Gasteiger partial charge on any atom is -0.393 e. The van der Waals surface area contributed by atoms with Gasteiger partial charge in [-0.25, -0.2) is 0 Å². The number of piperidine rings is 2. The molecule has 1 aromatic rings. The number of rotatable bonds is 3. The van der Waals surface area contributed by atoms with Crippen LogP contribution in [-0.4, -0.2) is 57.9 Å². The molecule has 4 rings (SSSR count). The van der Waals surface area contributed by atoms with Crippen LogP contribution in [0.3, 0.4) is 0 Å². The lowest BCUT2D eigenvalue weighted by molar-refractivity contribution is -0.136. The Morgan fingerprint density at radius 3 is 2.62 bits per heavy atom. The van der Waals surface area contributed by atoms with E-state index in [1.54, 1.807) is 4.90 Å². The van der Waals surface area contributed by atoms with Gasteiger partial charge in [-0.1, -0.05) is 12.1 Å². The van der Waals surface area contributed by atoms with Crippen molar-refractivity contribution in [3.8, 4) is 0 Å². The minimum atomic E-state index is -0.570. The maximum absolute atomic E-state index is 12.7. The number of nitrogens with zero attached hydrogens (tertiary/aromatic N) is 2. The van der Waals surface area contributed by atoms with Crippen molar-refractivity contribution in [2.24, 2.45) is 0 Å². The summed E-state index contributed by atoms with van der Waals surface area (Å²) in [6.45, 7) is 2.96. The van der Waals surface area contributed by atoms with Gasteiger partial charge in [0, 0.05) is 38.2 Å². The molecule has 3 aliphatic heterocycles. The van der Waals surface area contributed by atoms with E-state index in [2.05, 4.69) is 10.2 Å². The van der Waals surface area contributed by atoms with E-state index in [1.807, 2.05) is 18.2 Å². The van der Waals surface area contributed by atoms with E-state index in [1.165, 1.54) is 0 Å². The van der Waals surface area contributed by atoms with E-state index in [4.69, 9.17) is 0 Å². The largest absolute Gasteiger partial charge is 0.393 e. The molecule has 0 bridgehead atoms. The molecule has 138 valence electrons. The Morgan fingerprint density at radius 2 is 1.88 bits per heavy atom. The van der Waals surface area contributed by atoms with Crippen LogP contribution in [0.1, 0.15) is 47.2 Å². The Balaban J connectivity index is 1.46. The van der Waals surface area contributed by atoms with E-state index >= 15 is 0 Å². The molecular weight excluding hydrogens is 334 g/mol. The molecule has 0 aromatic heterocycles. The van der Waals surface area contributed by atoms with Crippen molar-refractivity contribution in [1.82, 2.24) is 15.1 Å². The summed E-state index contributed by atoms with van der Waals surface area (Å²) in [6, 6.07) is 5.29. The molecule has 0 saturated carbocycles. The Morgan fingerprint density at radius 1 is 1.12 bits per heavy atom. The lowest BCUT2D eigenvalue weighted by Gasteiger charge is -2.29. The molecule has 0 radical (unpaired) electrons. The molecule has 2 N–H and O–H groups in total. The van der Waals surface area contributed by atoms with Crippen LogP contribution in [0.25, 0.3) is 0 Å². The van der Waals surface area contributed by atoms with Gasteiger partial charge in [-0.05, 0) is 36.5 Å². The van der Waals surface area contributed by atoms with Gasteiger partial charge in [0.2, 0.25) is 11.8 Å². The molecule has 3 aliphatic rings. The van der Waals surface area contributed by atoms with Crippen LogP contribution in [0.15, 0.2) is 18.2 Å². The van der Waals surface area contributed by atoms with Gasteiger partial charge >= 0.3 is 0 Å². The summed E-state index contributed by atoms with van der Waals surface area (Å²) in [5.74, 6) is -0.791. The molecule has 26 heavy (non-hydrogen) atoms. The number of benzene rings is 1. The highest BCUT2D eigenvalue weighted by molar-refractivity contribution is 6.05. The second kappa shape index (κ2) is 6.81. The Bertz CT molecular complexity index is 755. The van der Waals surface area contributed by atoms with Crippen molar-refractivity contribution >= 4 is 17.7 Å². The first-order valence-corrected chi connectivity index (χ1v) is 9.18. The molecular formula is C19H23N3O4. The van der Waals surface area contributed by atoms with Gasteiger partial charge in [0.15, 0.2) is 0 Å². The molecule has 1 unspecified atom stereocenters. The third kappa shape index (κ3) is 3.24. The number of likely N-dealkylation sites (tertiary alicyclic amines) is 1. The van der Waals surface area contributed by atoms with E-state index < -0.39 is 6.04 Å². The van der Waals surface area contributed by atoms with Crippen LogP contribution < -0.4 is 5.32 Å². The molecule has 2 saturated heterocycles. The van der Waals surface area contributed by atoms with Crippen LogP contribution >= 0.6 is 0 Å². The number of hydrogen-bond donors (Lipinski definition) is 2. The molecule has 1 atom stereocenters. The highest BCUT2D eigenvalue weighted by Gasteiger charge is 2.39.